The van der Waals surface area contributed by atoms with Gasteiger partial charge in [-0.3, -0.25) is 4.98 Å². The van der Waals surface area contributed by atoms with Gasteiger partial charge in [0.2, 0.25) is 0 Å². The zero-order valence-corrected chi connectivity index (χ0v) is 14.1. The molecule has 0 amide bonds. The van der Waals surface area contributed by atoms with Crippen LogP contribution in [0, 0.1) is 11.7 Å². The lowest BCUT2D eigenvalue weighted by Crippen LogP contribution is -1.99. The van der Waals surface area contributed by atoms with Crippen LogP contribution in [0.4, 0.5) is 4.39 Å². The monoisotopic (exact) mass is 304 g/mol. The van der Waals surface area contributed by atoms with Crippen LogP contribution < -0.4 is 5.73 Å². The van der Waals surface area contributed by atoms with Crippen LogP contribution in [0.2, 0.25) is 0 Å². The first kappa shape index (κ1) is 18.6. The molecule has 0 saturated heterocycles. The van der Waals surface area contributed by atoms with Crippen LogP contribution in [0.3, 0.4) is 0 Å². The molecule has 0 aliphatic carbocycles. The molecule has 0 saturated carbocycles. The van der Waals surface area contributed by atoms with Crippen LogP contribution in [0.25, 0.3) is 10.9 Å². The molecule has 0 fully saturated rings. The number of halogens is 1. The van der Waals surface area contributed by atoms with E-state index in [9.17, 15) is 4.39 Å². The second kappa shape index (κ2) is 10.3. The number of fused-ring (bicyclic) bond motifs is 1. The maximum Gasteiger partial charge on any atom is 0.129 e. The fourth-order valence-electron chi connectivity index (χ4n) is 2.49. The van der Waals surface area contributed by atoms with Gasteiger partial charge in [0.15, 0.2) is 0 Å². The first-order valence-corrected chi connectivity index (χ1v) is 8.35. The number of nitrogens with two attached hydrogens (primary N) is 1. The quantitative estimate of drug-likeness (QED) is 0.771. The zero-order valence-electron chi connectivity index (χ0n) is 14.1. The van der Waals surface area contributed by atoms with Crippen LogP contribution in [0.15, 0.2) is 30.5 Å². The summed E-state index contributed by atoms with van der Waals surface area (Å²) in [6.45, 7) is 7.11. The maximum absolute atomic E-state index is 13.2. The number of hydrogen-bond donors (Lipinski definition) is 1. The van der Waals surface area contributed by atoms with E-state index in [0.717, 1.165) is 11.3 Å². The minimum atomic E-state index is -0.284. The van der Waals surface area contributed by atoms with E-state index in [1.165, 1.54) is 38.2 Å². The fourth-order valence-corrected chi connectivity index (χ4v) is 2.49. The van der Waals surface area contributed by atoms with Crippen molar-refractivity contribution in [1.82, 2.24) is 4.98 Å². The van der Waals surface area contributed by atoms with Crippen molar-refractivity contribution >= 4 is 10.9 Å². The highest BCUT2D eigenvalue weighted by atomic mass is 19.1. The molecule has 1 aromatic heterocycles. The SMILES string of the molecule is CCCCC(C)CCC.NCc1cc2cccnc2cc1F. The van der Waals surface area contributed by atoms with Crippen molar-refractivity contribution in [2.75, 3.05) is 0 Å². The van der Waals surface area contributed by atoms with E-state index >= 15 is 0 Å². The number of aromatic nitrogens is 1. The first-order chi connectivity index (χ1) is 10.6. The lowest BCUT2D eigenvalue weighted by Gasteiger charge is -2.07. The van der Waals surface area contributed by atoms with E-state index in [4.69, 9.17) is 5.73 Å². The molecule has 0 aliphatic heterocycles. The number of benzene rings is 1. The lowest BCUT2D eigenvalue weighted by molar-refractivity contribution is 0.466. The summed E-state index contributed by atoms with van der Waals surface area (Å²) in [6, 6.07) is 6.86. The van der Waals surface area contributed by atoms with E-state index < -0.39 is 0 Å². The van der Waals surface area contributed by atoms with E-state index in [2.05, 4.69) is 25.8 Å². The third-order valence-corrected chi connectivity index (χ3v) is 3.82. The van der Waals surface area contributed by atoms with Gasteiger partial charge in [-0.1, -0.05) is 58.9 Å². The maximum atomic E-state index is 13.2. The summed E-state index contributed by atoms with van der Waals surface area (Å²) < 4.78 is 13.2. The van der Waals surface area contributed by atoms with Crippen molar-refractivity contribution in [1.29, 1.82) is 0 Å². The van der Waals surface area contributed by atoms with Gasteiger partial charge in [0.25, 0.3) is 0 Å². The largest absolute Gasteiger partial charge is 0.326 e. The molecule has 0 bridgehead atoms. The highest BCUT2D eigenvalue weighted by molar-refractivity contribution is 5.79. The van der Waals surface area contributed by atoms with Gasteiger partial charge in [-0.2, -0.15) is 0 Å². The number of rotatable bonds is 6. The molecular formula is C19H29FN2. The van der Waals surface area contributed by atoms with Gasteiger partial charge in [-0.15, -0.1) is 0 Å². The Morgan fingerprint density at radius 2 is 1.95 bits per heavy atom. The third kappa shape index (κ3) is 6.10. The second-order valence-corrected chi connectivity index (χ2v) is 5.88. The molecule has 1 heterocycles. The van der Waals surface area contributed by atoms with Crippen LogP contribution in [-0.2, 0) is 6.54 Å². The predicted molar refractivity (Wildman–Crippen MR) is 93.2 cm³/mol. The fraction of sp³-hybridized carbons (Fsp3) is 0.526. The topological polar surface area (TPSA) is 38.9 Å². The highest BCUT2D eigenvalue weighted by Gasteiger charge is 2.02. The molecule has 2 rings (SSSR count). The van der Waals surface area contributed by atoms with Crippen LogP contribution in [-0.4, -0.2) is 4.98 Å². The summed E-state index contributed by atoms with van der Waals surface area (Å²) in [6.07, 6.45) is 8.62. The number of hydrogen-bond acceptors (Lipinski definition) is 2. The van der Waals surface area contributed by atoms with E-state index in [1.54, 1.807) is 12.3 Å². The Kier molecular flexibility index (Phi) is 8.68. The van der Waals surface area contributed by atoms with Gasteiger partial charge >= 0.3 is 0 Å². The Hall–Kier alpha value is -1.48. The second-order valence-electron chi connectivity index (χ2n) is 5.88. The molecule has 0 radical (unpaired) electrons. The average Bonchev–Trinajstić information content (AvgIpc) is 2.53. The van der Waals surface area contributed by atoms with Crippen LogP contribution in [0.5, 0.6) is 0 Å². The molecule has 122 valence electrons. The first-order valence-electron chi connectivity index (χ1n) is 8.35. The Bertz CT molecular complexity index is 554. The molecule has 0 aliphatic rings. The van der Waals surface area contributed by atoms with Crippen LogP contribution in [0.1, 0.15) is 58.4 Å². The highest BCUT2D eigenvalue weighted by Crippen LogP contribution is 2.16. The Morgan fingerprint density at radius 1 is 1.18 bits per heavy atom. The summed E-state index contributed by atoms with van der Waals surface area (Å²) in [4.78, 5) is 4.04. The summed E-state index contributed by atoms with van der Waals surface area (Å²) in [5, 5.41) is 0.921. The molecular weight excluding hydrogens is 275 g/mol. The van der Waals surface area contributed by atoms with Crippen molar-refractivity contribution in [3.63, 3.8) is 0 Å². The minimum absolute atomic E-state index is 0.219. The van der Waals surface area contributed by atoms with Gasteiger partial charge in [-0.05, 0) is 18.1 Å². The van der Waals surface area contributed by atoms with Crippen LogP contribution >= 0.6 is 0 Å². The molecule has 1 unspecified atom stereocenters. The van der Waals surface area contributed by atoms with Gasteiger partial charge < -0.3 is 5.73 Å². The van der Waals surface area contributed by atoms with E-state index in [-0.39, 0.29) is 12.4 Å². The van der Waals surface area contributed by atoms with Gasteiger partial charge in [0.05, 0.1) is 5.52 Å². The zero-order chi connectivity index (χ0) is 16.4. The lowest BCUT2D eigenvalue weighted by atomic mass is 10.00. The molecule has 0 spiro atoms. The normalized spacial score (nSPS) is 11.9. The summed E-state index contributed by atoms with van der Waals surface area (Å²) in [7, 11) is 0. The Morgan fingerprint density at radius 3 is 2.59 bits per heavy atom. The summed E-state index contributed by atoms with van der Waals surface area (Å²) >= 11 is 0. The molecule has 2 nitrogen and oxygen atoms in total. The smallest absolute Gasteiger partial charge is 0.129 e. The average molecular weight is 304 g/mol. The van der Waals surface area contributed by atoms with Crippen molar-refractivity contribution in [2.45, 2.75) is 59.4 Å². The predicted octanol–water partition coefficient (Wildman–Crippen LogP) is 5.45. The molecule has 2 N–H and O–H groups in total. The Labute approximate surface area is 133 Å². The van der Waals surface area contributed by atoms with Crippen molar-refractivity contribution < 1.29 is 4.39 Å². The standard InChI is InChI=1S/C10H9FN2.C9H20/c11-9-5-10-7(2-1-3-13-10)4-8(9)6-12;1-4-6-8-9(3)7-5-2/h1-5H,6,12H2;9H,4-8H2,1-3H3. The van der Waals surface area contributed by atoms with Gasteiger partial charge in [0.1, 0.15) is 5.82 Å². The van der Waals surface area contributed by atoms with Gasteiger partial charge in [-0.25, -0.2) is 4.39 Å². The van der Waals surface area contributed by atoms with Gasteiger partial charge in [0, 0.05) is 29.8 Å². The molecule has 1 atom stereocenters. The van der Waals surface area contributed by atoms with Crippen molar-refractivity contribution in [2.24, 2.45) is 11.7 Å². The molecule has 2 aromatic rings. The van der Waals surface area contributed by atoms with E-state index in [0.29, 0.717) is 11.1 Å². The summed E-state index contributed by atoms with van der Waals surface area (Å²) in [5.74, 6) is 0.684. The molecule has 1 aromatic carbocycles. The minimum Gasteiger partial charge on any atom is -0.326 e. The summed E-state index contributed by atoms with van der Waals surface area (Å²) in [5.41, 5.74) is 6.57. The number of pyridine rings is 1. The van der Waals surface area contributed by atoms with Crippen molar-refractivity contribution in [3.8, 4) is 0 Å². The number of unbranched alkanes of at least 4 members (excludes halogenated alkanes) is 1. The van der Waals surface area contributed by atoms with Crippen molar-refractivity contribution in [3.05, 3.63) is 41.8 Å². The molecule has 3 heteroatoms. The van der Waals surface area contributed by atoms with E-state index in [1.807, 2.05) is 12.1 Å². The Balaban J connectivity index is 0.000000239. The third-order valence-electron chi connectivity index (χ3n) is 3.82. The number of nitrogens with zero attached hydrogens (tertiary/aromatic N) is 1. The molecule has 22 heavy (non-hydrogen) atoms.